The first kappa shape index (κ1) is 14.9. The maximum Gasteiger partial charge on any atom is 0.259 e. The molecule has 0 saturated heterocycles. The van der Waals surface area contributed by atoms with Crippen molar-refractivity contribution in [1.82, 2.24) is 5.32 Å². The Bertz CT molecular complexity index is 859. The zero-order valence-corrected chi connectivity index (χ0v) is 12.0. The summed E-state index contributed by atoms with van der Waals surface area (Å²) >= 11 is 0. The summed E-state index contributed by atoms with van der Waals surface area (Å²) in [6.45, 7) is 0. The Morgan fingerprint density at radius 2 is 1.57 bits per heavy atom. The summed E-state index contributed by atoms with van der Waals surface area (Å²) in [5.74, 6) is -2.48. The van der Waals surface area contributed by atoms with Crippen LogP contribution < -0.4 is 10.1 Å². The van der Waals surface area contributed by atoms with E-state index in [0.717, 1.165) is 12.1 Å². The Morgan fingerprint density at radius 3 is 2.13 bits per heavy atom. The second-order valence-corrected chi connectivity index (χ2v) is 4.89. The van der Waals surface area contributed by atoms with Crippen molar-refractivity contribution in [3.05, 3.63) is 65.2 Å². The van der Waals surface area contributed by atoms with Crippen molar-refractivity contribution < 1.29 is 23.1 Å². The summed E-state index contributed by atoms with van der Waals surface area (Å²) in [4.78, 5) is 24.1. The summed E-state index contributed by atoms with van der Waals surface area (Å²) in [7, 11) is 1.32. The number of hydrogen-bond acceptors (Lipinski definition) is 3. The van der Waals surface area contributed by atoms with Crippen molar-refractivity contribution >= 4 is 23.0 Å². The maximum absolute atomic E-state index is 13.9. The van der Waals surface area contributed by atoms with E-state index in [2.05, 4.69) is 5.32 Å². The minimum Gasteiger partial charge on any atom is -0.494 e. The minimum atomic E-state index is -0.664. The molecular weight excluding hydrogens is 304 g/mol. The molecule has 4 nitrogen and oxygen atoms in total. The van der Waals surface area contributed by atoms with Gasteiger partial charge < -0.3 is 4.74 Å². The van der Waals surface area contributed by atoms with Crippen molar-refractivity contribution in [2.45, 2.75) is 0 Å². The third kappa shape index (κ3) is 2.59. The van der Waals surface area contributed by atoms with E-state index in [1.807, 2.05) is 0 Å². The molecule has 0 aliphatic carbocycles. The van der Waals surface area contributed by atoms with E-state index in [0.29, 0.717) is 0 Å². The van der Waals surface area contributed by atoms with Crippen LogP contribution in [0, 0.1) is 11.6 Å². The molecule has 1 N–H and O–H groups in total. The first-order valence-corrected chi connectivity index (χ1v) is 6.71. The van der Waals surface area contributed by atoms with Gasteiger partial charge in [-0.15, -0.1) is 0 Å². The number of hydrogen-bond donors (Lipinski definition) is 1. The minimum absolute atomic E-state index is 0.00199. The SMILES string of the molecule is COc1ccc(C2=C(c3cccc(F)c3)C(=O)NC2=O)cc1F. The van der Waals surface area contributed by atoms with Gasteiger partial charge >= 0.3 is 0 Å². The fraction of sp³-hybridized carbons (Fsp3) is 0.0588. The number of carbonyl (C=O) groups excluding carboxylic acids is 2. The Labute approximate surface area is 130 Å². The Balaban J connectivity index is 2.21. The molecule has 1 heterocycles. The van der Waals surface area contributed by atoms with Crippen LogP contribution in [0.5, 0.6) is 5.75 Å². The monoisotopic (exact) mass is 315 g/mol. The topological polar surface area (TPSA) is 55.4 Å². The molecule has 6 heteroatoms. The second-order valence-electron chi connectivity index (χ2n) is 4.89. The van der Waals surface area contributed by atoms with E-state index >= 15 is 0 Å². The third-order valence-electron chi connectivity index (χ3n) is 3.48. The van der Waals surface area contributed by atoms with Gasteiger partial charge in [-0.1, -0.05) is 18.2 Å². The van der Waals surface area contributed by atoms with Crippen LogP contribution in [0.15, 0.2) is 42.5 Å². The number of methoxy groups -OCH3 is 1. The highest BCUT2D eigenvalue weighted by molar-refractivity contribution is 6.49. The van der Waals surface area contributed by atoms with Gasteiger partial charge in [0, 0.05) is 0 Å². The highest BCUT2D eigenvalue weighted by Gasteiger charge is 2.32. The second kappa shape index (κ2) is 5.64. The predicted molar refractivity (Wildman–Crippen MR) is 79.3 cm³/mol. The number of ether oxygens (including phenoxy) is 1. The lowest BCUT2D eigenvalue weighted by molar-refractivity contribution is -0.122. The third-order valence-corrected chi connectivity index (χ3v) is 3.48. The number of nitrogens with one attached hydrogen (secondary N) is 1. The van der Waals surface area contributed by atoms with Crippen LogP contribution in [0.2, 0.25) is 0 Å². The zero-order valence-electron chi connectivity index (χ0n) is 12.0. The van der Waals surface area contributed by atoms with Crippen LogP contribution >= 0.6 is 0 Å². The molecule has 2 amide bonds. The van der Waals surface area contributed by atoms with Crippen molar-refractivity contribution in [2.75, 3.05) is 7.11 Å². The Kier molecular flexibility index (Phi) is 3.65. The molecule has 0 unspecified atom stereocenters. The summed E-state index contributed by atoms with van der Waals surface area (Å²) in [6, 6.07) is 9.24. The molecule has 1 aliphatic rings. The molecule has 0 aromatic heterocycles. The zero-order chi connectivity index (χ0) is 16.6. The quantitative estimate of drug-likeness (QED) is 0.886. The average molecular weight is 315 g/mol. The Hall–Kier alpha value is -3.02. The fourth-order valence-electron chi connectivity index (χ4n) is 2.47. The number of amides is 2. The van der Waals surface area contributed by atoms with E-state index in [9.17, 15) is 18.4 Å². The maximum atomic E-state index is 13.9. The number of halogens is 2. The molecule has 116 valence electrons. The van der Waals surface area contributed by atoms with Crippen LogP contribution in [0.3, 0.4) is 0 Å². The van der Waals surface area contributed by atoms with Crippen molar-refractivity contribution in [3.63, 3.8) is 0 Å². The van der Waals surface area contributed by atoms with E-state index in [4.69, 9.17) is 4.74 Å². The molecule has 23 heavy (non-hydrogen) atoms. The molecule has 0 atom stereocenters. The molecule has 0 saturated carbocycles. The summed E-state index contributed by atoms with van der Waals surface area (Å²) < 4.78 is 32.1. The lowest BCUT2D eigenvalue weighted by Crippen LogP contribution is -2.22. The van der Waals surface area contributed by atoms with Gasteiger partial charge in [0.25, 0.3) is 11.8 Å². The van der Waals surface area contributed by atoms with Gasteiger partial charge in [0.05, 0.1) is 18.3 Å². The normalized spacial score (nSPS) is 14.2. The Morgan fingerprint density at radius 1 is 0.913 bits per heavy atom. The van der Waals surface area contributed by atoms with Gasteiger partial charge in [0.1, 0.15) is 5.82 Å². The number of benzene rings is 2. The molecule has 0 bridgehead atoms. The van der Waals surface area contributed by atoms with Crippen LogP contribution in [-0.4, -0.2) is 18.9 Å². The van der Waals surface area contributed by atoms with Crippen molar-refractivity contribution in [1.29, 1.82) is 0 Å². The van der Waals surface area contributed by atoms with E-state index in [1.54, 1.807) is 0 Å². The lowest BCUT2D eigenvalue weighted by atomic mass is 9.96. The number of carbonyl (C=O) groups is 2. The van der Waals surface area contributed by atoms with Gasteiger partial charge in [0.2, 0.25) is 0 Å². The fourth-order valence-corrected chi connectivity index (χ4v) is 2.47. The summed E-state index contributed by atoms with van der Waals surface area (Å²) in [5.41, 5.74) is 0.478. The van der Waals surface area contributed by atoms with Gasteiger partial charge in [-0.05, 0) is 35.4 Å². The molecule has 3 rings (SSSR count). The largest absolute Gasteiger partial charge is 0.494 e. The molecule has 0 radical (unpaired) electrons. The average Bonchev–Trinajstić information content (AvgIpc) is 2.81. The number of imide groups is 1. The van der Waals surface area contributed by atoms with Crippen LogP contribution in [0.25, 0.3) is 11.1 Å². The highest BCUT2D eigenvalue weighted by Crippen LogP contribution is 2.33. The highest BCUT2D eigenvalue weighted by atomic mass is 19.1. The molecule has 2 aromatic carbocycles. The molecule has 2 aromatic rings. The number of rotatable bonds is 3. The van der Waals surface area contributed by atoms with Crippen LogP contribution in [0.1, 0.15) is 11.1 Å². The van der Waals surface area contributed by atoms with E-state index < -0.39 is 23.4 Å². The van der Waals surface area contributed by atoms with Crippen molar-refractivity contribution in [3.8, 4) is 5.75 Å². The van der Waals surface area contributed by atoms with Gasteiger partial charge in [-0.3, -0.25) is 14.9 Å². The predicted octanol–water partition coefficient (Wildman–Crippen LogP) is 2.54. The smallest absolute Gasteiger partial charge is 0.259 e. The summed E-state index contributed by atoms with van der Waals surface area (Å²) in [5, 5.41) is 2.15. The van der Waals surface area contributed by atoms with Crippen LogP contribution in [-0.2, 0) is 9.59 Å². The first-order chi connectivity index (χ1) is 11.0. The van der Waals surface area contributed by atoms with Gasteiger partial charge in [-0.2, -0.15) is 0 Å². The summed E-state index contributed by atoms with van der Waals surface area (Å²) in [6.07, 6.45) is 0. The molecule has 1 aliphatic heterocycles. The standard InChI is InChI=1S/C17H11F2NO3/c1-23-13-6-5-10(8-12(13)19)15-14(16(21)20-17(15)22)9-3-2-4-11(18)7-9/h2-8H,1H3,(H,20,21,22). The molecule has 0 fully saturated rings. The van der Waals surface area contributed by atoms with Crippen LogP contribution in [0.4, 0.5) is 8.78 Å². The van der Waals surface area contributed by atoms with E-state index in [1.165, 1.54) is 37.4 Å². The lowest BCUT2D eigenvalue weighted by Gasteiger charge is -2.07. The molecular formula is C17H11F2NO3. The van der Waals surface area contributed by atoms with Crippen molar-refractivity contribution in [2.24, 2.45) is 0 Å². The first-order valence-electron chi connectivity index (χ1n) is 6.71. The van der Waals surface area contributed by atoms with Gasteiger partial charge in [0.15, 0.2) is 11.6 Å². The molecule has 0 spiro atoms. The van der Waals surface area contributed by atoms with Gasteiger partial charge in [-0.25, -0.2) is 8.78 Å². The van der Waals surface area contributed by atoms with E-state index in [-0.39, 0.29) is 28.0 Å².